The van der Waals surface area contributed by atoms with Crippen LogP contribution in [0, 0.1) is 5.41 Å². The first-order chi connectivity index (χ1) is 19.6. The van der Waals surface area contributed by atoms with Crippen molar-refractivity contribution in [1.82, 2.24) is 24.3 Å². The zero-order valence-corrected chi connectivity index (χ0v) is 23.5. The van der Waals surface area contributed by atoms with E-state index in [1.54, 1.807) is 41.6 Å². The van der Waals surface area contributed by atoms with Gasteiger partial charge in [0.1, 0.15) is 28.4 Å². The summed E-state index contributed by atoms with van der Waals surface area (Å²) in [5, 5.41) is 2.80. The fourth-order valence-electron chi connectivity index (χ4n) is 5.59. The Kier molecular flexibility index (Phi) is 6.51. The van der Waals surface area contributed by atoms with E-state index < -0.39 is 5.60 Å². The molecule has 11 nitrogen and oxygen atoms in total. The molecule has 2 aliphatic rings. The number of amides is 2. The Bertz CT molecular complexity index is 1580. The van der Waals surface area contributed by atoms with Gasteiger partial charge in [0, 0.05) is 61.3 Å². The van der Waals surface area contributed by atoms with E-state index in [1.165, 1.54) is 0 Å². The van der Waals surface area contributed by atoms with E-state index in [1.807, 2.05) is 49.6 Å². The summed E-state index contributed by atoms with van der Waals surface area (Å²) in [5.41, 5.74) is 8.77. The molecule has 0 radical (unpaired) electrons. The number of fused-ring (bicyclic) bond motifs is 1. The third-order valence-electron chi connectivity index (χ3n) is 7.70. The molecule has 0 atom stereocenters. The smallest absolute Gasteiger partial charge is 0.410 e. The van der Waals surface area contributed by atoms with Gasteiger partial charge >= 0.3 is 6.09 Å². The molecule has 5 heterocycles. The SMILES string of the molecule is CC(C)(C)OC(=O)N1CC2(CCN(c3nc(-c4ccc(C(=O)Nc5ccccn5)cc4)c4c(N)nccn34)CC2)C1. The second kappa shape index (κ2) is 10.1. The number of hydrogen-bond donors (Lipinski definition) is 2. The molecule has 6 rings (SSSR count). The van der Waals surface area contributed by atoms with Gasteiger partial charge in [-0.15, -0.1) is 0 Å². The first-order valence-electron chi connectivity index (χ1n) is 13.8. The highest BCUT2D eigenvalue weighted by atomic mass is 16.6. The maximum absolute atomic E-state index is 12.7. The number of ether oxygens (including phenoxy) is 1. The lowest BCUT2D eigenvalue weighted by molar-refractivity contribution is -0.0435. The molecule has 0 unspecified atom stereocenters. The van der Waals surface area contributed by atoms with Gasteiger partial charge in [0.15, 0.2) is 0 Å². The van der Waals surface area contributed by atoms with Crippen LogP contribution in [0.15, 0.2) is 61.1 Å². The standard InChI is InChI=1S/C30H34N8O3/c1-29(2,3)41-28(40)37-18-30(19-37)11-15-36(16-12-30)27-35-23(24-25(31)33-14-17-38(24)27)20-7-9-21(10-8-20)26(39)34-22-6-4-5-13-32-22/h4-10,13-14,17H,11-12,15-16,18-19H2,1-3H3,(H2,31,33)(H,32,34,39). The van der Waals surface area contributed by atoms with Crippen LogP contribution in [0.3, 0.4) is 0 Å². The molecule has 2 aliphatic heterocycles. The van der Waals surface area contributed by atoms with E-state index in [0.29, 0.717) is 22.9 Å². The van der Waals surface area contributed by atoms with Gasteiger partial charge in [-0.2, -0.15) is 0 Å². The number of rotatable bonds is 4. The van der Waals surface area contributed by atoms with Gasteiger partial charge in [-0.05, 0) is 57.9 Å². The Morgan fingerprint density at radius 2 is 1.73 bits per heavy atom. The molecule has 0 bridgehead atoms. The van der Waals surface area contributed by atoms with E-state index >= 15 is 0 Å². The summed E-state index contributed by atoms with van der Waals surface area (Å²) < 4.78 is 7.53. The first kappa shape index (κ1) is 26.5. The van der Waals surface area contributed by atoms with Gasteiger partial charge in [-0.3, -0.25) is 9.20 Å². The summed E-state index contributed by atoms with van der Waals surface area (Å²) in [6, 6.07) is 12.6. The highest BCUT2D eigenvalue weighted by molar-refractivity contribution is 6.04. The van der Waals surface area contributed by atoms with Crippen molar-refractivity contribution in [3.8, 4) is 11.3 Å². The number of piperidine rings is 1. The van der Waals surface area contributed by atoms with Crippen LogP contribution in [0.25, 0.3) is 16.8 Å². The summed E-state index contributed by atoms with van der Waals surface area (Å²) in [6.07, 6.45) is 6.86. The molecule has 3 aromatic heterocycles. The van der Waals surface area contributed by atoms with E-state index in [0.717, 1.165) is 56.0 Å². The minimum Gasteiger partial charge on any atom is -0.444 e. The minimum atomic E-state index is -0.494. The van der Waals surface area contributed by atoms with Crippen LogP contribution >= 0.6 is 0 Å². The molecule has 2 fully saturated rings. The molecule has 11 heteroatoms. The number of hydrogen-bond acceptors (Lipinski definition) is 8. The number of benzene rings is 1. The van der Waals surface area contributed by atoms with Crippen molar-refractivity contribution < 1.29 is 14.3 Å². The average molecular weight is 555 g/mol. The van der Waals surface area contributed by atoms with E-state index in [2.05, 4.69) is 20.2 Å². The van der Waals surface area contributed by atoms with Gasteiger partial charge in [0.2, 0.25) is 5.95 Å². The van der Waals surface area contributed by atoms with Crippen molar-refractivity contribution in [3.63, 3.8) is 0 Å². The lowest BCUT2D eigenvalue weighted by Gasteiger charge is -2.53. The monoisotopic (exact) mass is 554 g/mol. The van der Waals surface area contributed by atoms with Gasteiger partial charge < -0.3 is 25.6 Å². The van der Waals surface area contributed by atoms with Crippen molar-refractivity contribution in [2.75, 3.05) is 42.1 Å². The van der Waals surface area contributed by atoms with Crippen molar-refractivity contribution in [1.29, 1.82) is 0 Å². The number of likely N-dealkylation sites (tertiary alicyclic amines) is 1. The Morgan fingerprint density at radius 1 is 1.00 bits per heavy atom. The number of imidazole rings is 1. The number of nitrogen functional groups attached to an aromatic ring is 1. The van der Waals surface area contributed by atoms with Gasteiger partial charge in [0.25, 0.3) is 5.91 Å². The lowest BCUT2D eigenvalue weighted by Crippen LogP contribution is -2.62. The van der Waals surface area contributed by atoms with E-state index in [9.17, 15) is 9.59 Å². The number of pyridine rings is 1. The predicted molar refractivity (Wildman–Crippen MR) is 157 cm³/mol. The number of nitrogens with zero attached hydrogens (tertiary/aromatic N) is 6. The molecular formula is C30H34N8O3. The molecule has 1 aromatic carbocycles. The van der Waals surface area contributed by atoms with E-state index in [4.69, 9.17) is 15.5 Å². The van der Waals surface area contributed by atoms with Crippen LogP contribution in [-0.4, -0.2) is 68.0 Å². The molecule has 3 N–H and O–H groups in total. The molecule has 4 aromatic rings. The van der Waals surface area contributed by atoms with Crippen LogP contribution in [0.2, 0.25) is 0 Å². The van der Waals surface area contributed by atoms with Crippen molar-refractivity contribution in [3.05, 3.63) is 66.6 Å². The van der Waals surface area contributed by atoms with Crippen LogP contribution in [0.1, 0.15) is 44.0 Å². The van der Waals surface area contributed by atoms with Crippen LogP contribution < -0.4 is 16.0 Å². The first-order valence-corrected chi connectivity index (χ1v) is 13.8. The number of nitrogens with one attached hydrogen (secondary N) is 1. The zero-order chi connectivity index (χ0) is 28.8. The normalized spacial score (nSPS) is 16.5. The minimum absolute atomic E-state index is 0.121. The fourth-order valence-corrected chi connectivity index (χ4v) is 5.59. The molecule has 0 aliphatic carbocycles. The van der Waals surface area contributed by atoms with Crippen molar-refractivity contribution in [2.45, 2.75) is 39.2 Å². The van der Waals surface area contributed by atoms with Crippen LogP contribution in [0.5, 0.6) is 0 Å². The fraction of sp³-hybridized carbons (Fsp3) is 0.367. The molecule has 41 heavy (non-hydrogen) atoms. The summed E-state index contributed by atoms with van der Waals surface area (Å²) in [7, 11) is 0. The van der Waals surface area contributed by atoms with Crippen LogP contribution in [-0.2, 0) is 4.74 Å². The lowest BCUT2D eigenvalue weighted by atomic mass is 9.72. The molecule has 2 saturated heterocycles. The Morgan fingerprint density at radius 3 is 2.39 bits per heavy atom. The summed E-state index contributed by atoms with van der Waals surface area (Å²) in [4.78, 5) is 42.7. The Hall–Kier alpha value is -4.67. The number of anilines is 3. The van der Waals surface area contributed by atoms with Gasteiger partial charge in [-0.1, -0.05) is 18.2 Å². The quantitative estimate of drug-likeness (QED) is 0.378. The zero-order valence-electron chi connectivity index (χ0n) is 23.5. The summed E-state index contributed by atoms with van der Waals surface area (Å²) >= 11 is 0. The molecule has 0 saturated carbocycles. The Labute approximate surface area is 238 Å². The number of carbonyl (C=O) groups is 2. The highest BCUT2D eigenvalue weighted by Gasteiger charge is 2.48. The van der Waals surface area contributed by atoms with Gasteiger partial charge in [-0.25, -0.2) is 19.7 Å². The van der Waals surface area contributed by atoms with E-state index in [-0.39, 0.29) is 17.4 Å². The molecule has 212 valence electrons. The largest absolute Gasteiger partial charge is 0.444 e. The van der Waals surface area contributed by atoms with Crippen LogP contribution in [0.4, 0.5) is 22.4 Å². The molecular weight excluding hydrogens is 520 g/mol. The maximum Gasteiger partial charge on any atom is 0.410 e. The number of nitrogens with two attached hydrogens (primary N) is 1. The summed E-state index contributed by atoms with van der Waals surface area (Å²) in [5.74, 6) is 1.45. The average Bonchev–Trinajstić information content (AvgIpc) is 3.32. The maximum atomic E-state index is 12.7. The third kappa shape index (κ3) is 5.27. The number of aromatic nitrogens is 4. The number of carbonyl (C=O) groups excluding carboxylic acids is 2. The van der Waals surface area contributed by atoms with Gasteiger partial charge in [0.05, 0.1) is 0 Å². The van der Waals surface area contributed by atoms with Crippen molar-refractivity contribution in [2.24, 2.45) is 5.41 Å². The topological polar surface area (TPSA) is 131 Å². The second-order valence-corrected chi connectivity index (χ2v) is 11.9. The third-order valence-corrected chi connectivity index (χ3v) is 7.70. The summed E-state index contributed by atoms with van der Waals surface area (Å²) in [6.45, 7) is 8.74. The second-order valence-electron chi connectivity index (χ2n) is 11.9. The van der Waals surface area contributed by atoms with Crippen molar-refractivity contribution >= 4 is 35.1 Å². The molecule has 2 amide bonds. The predicted octanol–water partition coefficient (Wildman–Crippen LogP) is 4.46. The Balaban J connectivity index is 1.18. The highest BCUT2D eigenvalue weighted by Crippen LogP contribution is 2.42. The molecule has 1 spiro atoms.